The molecule has 14 heavy (non-hydrogen) atoms. The zero-order valence-corrected chi connectivity index (χ0v) is 10.00. The lowest BCUT2D eigenvalue weighted by Crippen LogP contribution is -2.44. The van der Waals surface area contributed by atoms with Gasteiger partial charge < -0.3 is 10.6 Å². The fraction of sp³-hybridized carbons (Fsp3) is 1.00. The van der Waals surface area contributed by atoms with E-state index in [9.17, 15) is 0 Å². The molecule has 2 nitrogen and oxygen atoms in total. The summed E-state index contributed by atoms with van der Waals surface area (Å²) in [5, 5.41) is 0. The molecule has 1 fully saturated rings. The van der Waals surface area contributed by atoms with E-state index >= 15 is 0 Å². The average molecular weight is 198 g/mol. The highest BCUT2D eigenvalue weighted by molar-refractivity contribution is 4.82. The van der Waals surface area contributed by atoms with Crippen molar-refractivity contribution in [1.82, 2.24) is 4.90 Å². The Morgan fingerprint density at radius 3 is 2.29 bits per heavy atom. The lowest BCUT2D eigenvalue weighted by Gasteiger charge is -2.32. The second-order valence-corrected chi connectivity index (χ2v) is 5.18. The molecule has 1 unspecified atom stereocenters. The Balaban J connectivity index is 2.42. The number of hydrogen-bond donors (Lipinski definition) is 1. The minimum absolute atomic E-state index is 0.625. The average Bonchev–Trinajstić information content (AvgIpc) is 2.57. The predicted molar refractivity (Wildman–Crippen MR) is 62.3 cm³/mol. The van der Waals surface area contributed by atoms with Gasteiger partial charge in [-0.15, -0.1) is 0 Å². The molecule has 0 heterocycles. The zero-order chi connectivity index (χ0) is 10.6. The lowest BCUT2D eigenvalue weighted by atomic mass is 9.96. The molecule has 0 aromatic rings. The van der Waals surface area contributed by atoms with Crippen LogP contribution in [0.1, 0.15) is 39.5 Å². The number of nitrogens with two attached hydrogens (primary N) is 1. The van der Waals surface area contributed by atoms with Crippen LogP contribution in [0.25, 0.3) is 0 Å². The first-order valence-electron chi connectivity index (χ1n) is 6.05. The molecule has 0 saturated heterocycles. The number of likely N-dealkylation sites (N-methyl/N-ethyl adjacent to an activating group) is 1. The maximum absolute atomic E-state index is 5.89. The summed E-state index contributed by atoms with van der Waals surface area (Å²) in [4.78, 5) is 2.47. The summed E-state index contributed by atoms with van der Waals surface area (Å²) in [5.74, 6) is 1.61. The molecular formula is C12H26N2. The van der Waals surface area contributed by atoms with Crippen LogP contribution in [0.3, 0.4) is 0 Å². The van der Waals surface area contributed by atoms with Crippen LogP contribution in [0, 0.1) is 11.8 Å². The fourth-order valence-electron chi connectivity index (χ4n) is 2.79. The molecular weight excluding hydrogens is 172 g/mol. The smallest absolute Gasteiger partial charge is 0.0243 e. The second-order valence-electron chi connectivity index (χ2n) is 5.18. The van der Waals surface area contributed by atoms with E-state index in [1.54, 1.807) is 0 Å². The number of rotatable bonds is 5. The first kappa shape index (κ1) is 12.0. The summed E-state index contributed by atoms with van der Waals surface area (Å²) in [6.45, 7) is 6.56. The van der Waals surface area contributed by atoms with Crippen molar-refractivity contribution in [2.75, 3.05) is 20.1 Å². The van der Waals surface area contributed by atoms with Gasteiger partial charge in [-0.2, -0.15) is 0 Å². The summed E-state index contributed by atoms with van der Waals surface area (Å²) < 4.78 is 0. The molecule has 2 heteroatoms. The Kier molecular flexibility index (Phi) is 4.90. The van der Waals surface area contributed by atoms with Crippen LogP contribution < -0.4 is 5.73 Å². The van der Waals surface area contributed by atoms with Crippen molar-refractivity contribution in [2.45, 2.75) is 45.6 Å². The van der Waals surface area contributed by atoms with Crippen LogP contribution in [0.5, 0.6) is 0 Å². The van der Waals surface area contributed by atoms with Crippen molar-refractivity contribution in [1.29, 1.82) is 0 Å². The molecule has 0 aliphatic heterocycles. The van der Waals surface area contributed by atoms with Gasteiger partial charge in [-0.1, -0.05) is 26.7 Å². The van der Waals surface area contributed by atoms with Gasteiger partial charge in [0.1, 0.15) is 0 Å². The molecule has 0 bridgehead atoms. The number of nitrogens with zero attached hydrogens (tertiary/aromatic N) is 1. The fourth-order valence-corrected chi connectivity index (χ4v) is 2.79. The Bertz CT molecular complexity index is 150. The van der Waals surface area contributed by atoms with Crippen LogP contribution in [-0.2, 0) is 0 Å². The van der Waals surface area contributed by atoms with E-state index in [-0.39, 0.29) is 0 Å². The first-order chi connectivity index (χ1) is 6.65. The van der Waals surface area contributed by atoms with Crippen molar-refractivity contribution in [3.05, 3.63) is 0 Å². The van der Waals surface area contributed by atoms with E-state index in [1.807, 2.05) is 0 Å². The summed E-state index contributed by atoms with van der Waals surface area (Å²) in [6, 6.07) is 0.625. The zero-order valence-electron chi connectivity index (χ0n) is 10.00. The minimum atomic E-state index is 0.625. The topological polar surface area (TPSA) is 29.3 Å². The van der Waals surface area contributed by atoms with Crippen LogP contribution >= 0.6 is 0 Å². The van der Waals surface area contributed by atoms with Crippen LogP contribution in [0.4, 0.5) is 0 Å². The molecule has 84 valence electrons. The van der Waals surface area contributed by atoms with Gasteiger partial charge in [0.15, 0.2) is 0 Å². The SMILES string of the molecule is CC(C)CN(C)C(CN)C1CCCC1. The molecule has 1 saturated carbocycles. The summed E-state index contributed by atoms with van der Waals surface area (Å²) in [7, 11) is 2.23. The maximum Gasteiger partial charge on any atom is 0.0243 e. The van der Waals surface area contributed by atoms with Crippen molar-refractivity contribution in [2.24, 2.45) is 17.6 Å². The molecule has 0 amide bonds. The Morgan fingerprint density at radius 1 is 1.29 bits per heavy atom. The van der Waals surface area contributed by atoms with E-state index < -0.39 is 0 Å². The maximum atomic E-state index is 5.89. The predicted octanol–water partition coefficient (Wildman–Crippen LogP) is 2.09. The molecule has 0 aromatic heterocycles. The number of hydrogen-bond acceptors (Lipinski definition) is 2. The van der Waals surface area contributed by atoms with Gasteiger partial charge in [0.05, 0.1) is 0 Å². The van der Waals surface area contributed by atoms with E-state index in [2.05, 4.69) is 25.8 Å². The minimum Gasteiger partial charge on any atom is -0.329 e. The van der Waals surface area contributed by atoms with Crippen LogP contribution in [-0.4, -0.2) is 31.1 Å². The van der Waals surface area contributed by atoms with Gasteiger partial charge in [0.25, 0.3) is 0 Å². The third kappa shape index (κ3) is 3.25. The third-order valence-corrected chi connectivity index (χ3v) is 3.40. The highest BCUT2D eigenvalue weighted by atomic mass is 15.1. The molecule has 1 aliphatic rings. The van der Waals surface area contributed by atoms with Crippen molar-refractivity contribution in [3.63, 3.8) is 0 Å². The van der Waals surface area contributed by atoms with E-state index in [1.165, 1.54) is 32.2 Å². The van der Waals surface area contributed by atoms with E-state index in [0.717, 1.165) is 18.4 Å². The molecule has 1 rings (SSSR count). The molecule has 0 aromatic carbocycles. The summed E-state index contributed by atoms with van der Waals surface area (Å²) in [6.07, 6.45) is 5.61. The van der Waals surface area contributed by atoms with Gasteiger partial charge in [-0.25, -0.2) is 0 Å². The quantitative estimate of drug-likeness (QED) is 0.733. The molecule has 1 atom stereocenters. The van der Waals surface area contributed by atoms with Gasteiger partial charge in [0, 0.05) is 19.1 Å². The highest BCUT2D eigenvalue weighted by Crippen LogP contribution is 2.29. The lowest BCUT2D eigenvalue weighted by molar-refractivity contribution is 0.165. The molecule has 2 N–H and O–H groups in total. The Morgan fingerprint density at radius 2 is 1.86 bits per heavy atom. The van der Waals surface area contributed by atoms with Crippen molar-refractivity contribution < 1.29 is 0 Å². The van der Waals surface area contributed by atoms with E-state index in [0.29, 0.717) is 6.04 Å². The van der Waals surface area contributed by atoms with Crippen LogP contribution in [0.2, 0.25) is 0 Å². The van der Waals surface area contributed by atoms with Crippen molar-refractivity contribution >= 4 is 0 Å². The third-order valence-electron chi connectivity index (χ3n) is 3.40. The van der Waals surface area contributed by atoms with Gasteiger partial charge >= 0.3 is 0 Å². The normalized spacial score (nSPS) is 21.0. The highest BCUT2D eigenvalue weighted by Gasteiger charge is 2.26. The van der Waals surface area contributed by atoms with E-state index in [4.69, 9.17) is 5.73 Å². The molecule has 0 radical (unpaired) electrons. The van der Waals surface area contributed by atoms with Gasteiger partial charge in [-0.3, -0.25) is 0 Å². The summed E-state index contributed by atoms with van der Waals surface area (Å²) >= 11 is 0. The molecule has 1 aliphatic carbocycles. The largest absolute Gasteiger partial charge is 0.329 e. The van der Waals surface area contributed by atoms with Gasteiger partial charge in [-0.05, 0) is 31.7 Å². The molecule has 0 spiro atoms. The summed E-state index contributed by atoms with van der Waals surface area (Å²) in [5.41, 5.74) is 5.89. The standard InChI is InChI=1S/C12H26N2/c1-10(2)9-14(3)12(8-13)11-6-4-5-7-11/h10-12H,4-9,13H2,1-3H3. The Labute approximate surface area is 88.8 Å². The van der Waals surface area contributed by atoms with Gasteiger partial charge in [0.2, 0.25) is 0 Å². The van der Waals surface area contributed by atoms with Crippen molar-refractivity contribution in [3.8, 4) is 0 Å². The Hall–Kier alpha value is -0.0800. The first-order valence-corrected chi connectivity index (χ1v) is 6.05. The van der Waals surface area contributed by atoms with Crippen LogP contribution in [0.15, 0.2) is 0 Å². The second kappa shape index (κ2) is 5.72. The monoisotopic (exact) mass is 198 g/mol.